The molecule has 1 heterocycles. The minimum absolute atomic E-state index is 0.180. The van der Waals surface area contributed by atoms with Gasteiger partial charge in [-0.1, -0.05) is 128 Å². The first-order valence-corrected chi connectivity index (χ1v) is 20.0. The van der Waals surface area contributed by atoms with Gasteiger partial charge >= 0.3 is 0 Å². The van der Waals surface area contributed by atoms with Gasteiger partial charge in [0.15, 0.2) is 0 Å². The molecule has 3 atom stereocenters. The van der Waals surface area contributed by atoms with Gasteiger partial charge in [0, 0.05) is 38.9 Å². The summed E-state index contributed by atoms with van der Waals surface area (Å²) in [5.74, 6) is 1.62. The number of aromatic nitrogens is 1. The molecule has 3 unspecified atom stereocenters. The minimum Gasteiger partial charge on any atom is -0.310 e. The Balaban J connectivity index is 0.980. The predicted molar refractivity (Wildman–Crippen MR) is 230 cm³/mol. The zero-order chi connectivity index (χ0) is 36.1. The first-order chi connectivity index (χ1) is 27.2. The van der Waals surface area contributed by atoms with E-state index in [4.69, 9.17) is 0 Å². The maximum absolute atomic E-state index is 2.56. The van der Waals surface area contributed by atoms with Crippen molar-refractivity contribution in [1.82, 2.24) is 4.57 Å². The van der Waals surface area contributed by atoms with Gasteiger partial charge in [-0.05, 0) is 136 Å². The van der Waals surface area contributed by atoms with Crippen LogP contribution in [0, 0.1) is 11.8 Å². The summed E-state index contributed by atoms with van der Waals surface area (Å²) in [6, 6.07) is 67.9. The predicted octanol–water partition coefficient (Wildman–Crippen LogP) is 14.2. The number of anilines is 3. The molecule has 9 aromatic rings. The van der Waals surface area contributed by atoms with Crippen molar-refractivity contribution in [3.05, 3.63) is 193 Å². The van der Waals surface area contributed by atoms with Crippen molar-refractivity contribution in [2.75, 3.05) is 4.90 Å². The zero-order valence-electron chi connectivity index (χ0n) is 30.7. The third-order valence-corrected chi connectivity index (χ3v) is 13.4. The van der Waals surface area contributed by atoms with Crippen LogP contribution in [0.4, 0.5) is 17.1 Å². The Hall–Kier alpha value is -6.38. The molecule has 0 radical (unpaired) electrons. The molecule has 2 bridgehead atoms. The Morgan fingerprint density at radius 2 is 1.15 bits per heavy atom. The van der Waals surface area contributed by atoms with Crippen LogP contribution in [0.5, 0.6) is 0 Å². The standard InChI is InChI=1S/C53H40N2/c1-2-11-38-31-44(28-23-36(38)10-1)54(42-12-9-13-43(33-42)55-51-18-7-4-15-47(51)48-16-5-8-19-52(48)55)41-26-21-37(22-27-41)39-24-29-46-45-14-3-6-17-49(45)53(50(46)32-39)34-35-20-25-40(53)30-35/h1-19,21-24,26-29,31-33,35,40H,20,25,30,34H2. The van der Waals surface area contributed by atoms with Crippen molar-refractivity contribution < 1.29 is 0 Å². The molecule has 2 saturated carbocycles. The summed E-state index contributed by atoms with van der Waals surface area (Å²) in [5, 5.41) is 5.01. The van der Waals surface area contributed by atoms with Gasteiger partial charge < -0.3 is 9.47 Å². The van der Waals surface area contributed by atoms with Gasteiger partial charge in [-0.3, -0.25) is 0 Å². The lowest BCUT2D eigenvalue weighted by atomic mass is 9.66. The molecule has 1 spiro atoms. The molecule has 2 fully saturated rings. The van der Waals surface area contributed by atoms with E-state index in [2.05, 4.69) is 191 Å². The Morgan fingerprint density at radius 1 is 0.473 bits per heavy atom. The second-order valence-corrected chi connectivity index (χ2v) is 16.2. The Labute approximate surface area is 321 Å². The van der Waals surface area contributed by atoms with E-state index >= 15 is 0 Å². The topological polar surface area (TPSA) is 8.17 Å². The smallest absolute Gasteiger partial charge is 0.0541 e. The van der Waals surface area contributed by atoms with Gasteiger partial charge in [0.2, 0.25) is 0 Å². The lowest BCUT2D eigenvalue weighted by molar-refractivity contribution is 0.327. The first kappa shape index (κ1) is 31.0. The molecule has 2 nitrogen and oxygen atoms in total. The van der Waals surface area contributed by atoms with E-state index < -0.39 is 0 Å². The maximum Gasteiger partial charge on any atom is 0.0541 e. The van der Waals surface area contributed by atoms with E-state index in [9.17, 15) is 0 Å². The van der Waals surface area contributed by atoms with Gasteiger partial charge in [-0.2, -0.15) is 0 Å². The largest absolute Gasteiger partial charge is 0.310 e. The van der Waals surface area contributed by atoms with Crippen molar-refractivity contribution in [3.8, 4) is 27.9 Å². The summed E-state index contributed by atoms with van der Waals surface area (Å²) in [4.78, 5) is 2.41. The quantitative estimate of drug-likeness (QED) is 0.173. The van der Waals surface area contributed by atoms with E-state index in [-0.39, 0.29) is 5.41 Å². The number of nitrogens with zero attached hydrogens (tertiary/aromatic N) is 2. The van der Waals surface area contributed by atoms with E-state index in [0.717, 1.165) is 34.6 Å². The fourth-order valence-corrected chi connectivity index (χ4v) is 11.1. The van der Waals surface area contributed by atoms with Crippen LogP contribution in [-0.2, 0) is 5.41 Å². The number of para-hydroxylation sites is 2. The second-order valence-electron chi connectivity index (χ2n) is 16.2. The SMILES string of the molecule is c1cc(N(c2ccc(-c3ccc4c(c3)C3(CC5CCC3C5)c3ccccc3-4)cc2)c2ccc3ccccc3c2)cc(-n2c3ccccc3c3ccccc32)c1. The van der Waals surface area contributed by atoms with Crippen LogP contribution >= 0.6 is 0 Å². The van der Waals surface area contributed by atoms with Gasteiger partial charge in [0.05, 0.1) is 11.0 Å². The molecule has 0 aliphatic heterocycles. The van der Waals surface area contributed by atoms with Gasteiger partial charge in [0.1, 0.15) is 0 Å². The first-order valence-electron chi connectivity index (χ1n) is 20.0. The van der Waals surface area contributed by atoms with Crippen molar-refractivity contribution in [2.45, 2.75) is 31.1 Å². The fourth-order valence-electron chi connectivity index (χ4n) is 11.1. The molecule has 3 aliphatic rings. The number of benzene rings is 8. The lowest BCUT2D eigenvalue weighted by Gasteiger charge is -2.36. The number of hydrogen-bond donors (Lipinski definition) is 0. The van der Waals surface area contributed by atoms with E-state index in [1.165, 1.54) is 80.5 Å². The van der Waals surface area contributed by atoms with Crippen LogP contribution in [0.3, 0.4) is 0 Å². The van der Waals surface area contributed by atoms with Crippen LogP contribution < -0.4 is 4.90 Å². The van der Waals surface area contributed by atoms with Crippen molar-refractivity contribution in [3.63, 3.8) is 0 Å². The Kier molecular flexibility index (Phi) is 6.66. The number of fused-ring (bicyclic) bond motifs is 12. The third kappa shape index (κ3) is 4.55. The van der Waals surface area contributed by atoms with Crippen LogP contribution in [-0.4, -0.2) is 4.57 Å². The van der Waals surface area contributed by atoms with Crippen LogP contribution in [0.2, 0.25) is 0 Å². The molecule has 2 heteroatoms. The molecule has 55 heavy (non-hydrogen) atoms. The molecule has 1 aromatic heterocycles. The molecule has 0 amide bonds. The highest BCUT2D eigenvalue weighted by atomic mass is 15.1. The minimum atomic E-state index is 0.180. The Morgan fingerprint density at radius 3 is 1.93 bits per heavy atom. The molecule has 262 valence electrons. The third-order valence-electron chi connectivity index (χ3n) is 13.4. The van der Waals surface area contributed by atoms with Crippen LogP contribution in [0.1, 0.15) is 36.8 Å². The van der Waals surface area contributed by atoms with Crippen molar-refractivity contribution >= 4 is 49.6 Å². The van der Waals surface area contributed by atoms with Gasteiger partial charge in [0.25, 0.3) is 0 Å². The van der Waals surface area contributed by atoms with Crippen molar-refractivity contribution in [1.29, 1.82) is 0 Å². The summed E-state index contributed by atoms with van der Waals surface area (Å²) >= 11 is 0. The monoisotopic (exact) mass is 704 g/mol. The Bertz CT molecular complexity index is 2920. The lowest BCUT2D eigenvalue weighted by Crippen LogP contribution is -2.31. The normalized spacial score (nSPS) is 19.4. The second kappa shape index (κ2) is 11.8. The van der Waals surface area contributed by atoms with E-state index in [1.807, 2.05) is 0 Å². The average molecular weight is 705 g/mol. The van der Waals surface area contributed by atoms with E-state index in [1.54, 1.807) is 11.1 Å². The highest BCUT2D eigenvalue weighted by Crippen LogP contribution is 2.65. The molecule has 12 rings (SSSR count). The number of hydrogen-bond acceptors (Lipinski definition) is 1. The highest BCUT2D eigenvalue weighted by molar-refractivity contribution is 6.09. The molecule has 0 saturated heterocycles. The molecular formula is C53H40N2. The van der Waals surface area contributed by atoms with Gasteiger partial charge in [-0.25, -0.2) is 0 Å². The zero-order valence-corrected chi connectivity index (χ0v) is 30.7. The van der Waals surface area contributed by atoms with E-state index in [0.29, 0.717) is 0 Å². The summed E-state index contributed by atoms with van der Waals surface area (Å²) in [6.07, 6.45) is 5.45. The molecule has 8 aromatic carbocycles. The fraction of sp³-hybridized carbons (Fsp3) is 0.132. The number of rotatable bonds is 5. The van der Waals surface area contributed by atoms with Crippen LogP contribution in [0.25, 0.3) is 60.5 Å². The molecule has 0 N–H and O–H groups in total. The van der Waals surface area contributed by atoms with Gasteiger partial charge in [-0.15, -0.1) is 0 Å². The highest BCUT2D eigenvalue weighted by Gasteiger charge is 2.56. The summed E-state index contributed by atoms with van der Waals surface area (Å²) in [5.41, 5.74) is 15.8. The average Bonchev–Trinajstić information content (AvgIpc) is 4.02. The summed E-state index contributed by atoms with van der Waals surface area (Å²) in [6.45, 7) is 0. The van der Waals surface area contributed by atoms with Crippen LogP contribution in [0.15, 0.2) is 182 Å². The van der Waals surface area contributed by atoms with Crippen molar-refractivity contribution in [2.24, 2.45) is 11.8 Å². The maximum atomic E-state index is 2.56. The summed E-state index contributed by atoms with van der Waals surface area (Å²) in [7, 11) is 0. The molecule has 3 aliphatic carbocycles. The molecular weight excluding hydrogens is 665 g/mol. The summed E-state index contributed by atoms with van der Waals surface area (Å²) < 4.78 is 2.41.